The number of nitrogens with zero attached hydrogens (tertiary/aromatic N) is 1. The Morgan fingerprint density at radius 2 is 1.82 bits per heavy atom. The van der Waals surface area contributed by atoms with Crippen molar-refractivity contribution < 1.29 is 14.3 Å². The van der Waals surface area contributed by atoms with Gasteiger partial charge in [0.25, 0.3) is 5.91 Å². The molecule has 3 aromatic rings. The molecule has 0 unspecified atom stereocenters. The van der Waals surface area contributed by atoms with E-state index in [0.29, 0.717) is 41.0 Å². The molecule has 0 bridgehead atoms. The molecule has 7 heteroatoms. The van der Waals surface area contributed by atoms with Gasteiger partial charge in [0.15, 0.2) is 11.5 Å². The van der Waals surface area contributed by atoms with E-state index in [1.54, 1.807) is 18.2 Å². The SMILES string of the molecule is CCOc1cc(/C=C(\C#N)C(=O)Nc2ccc(C)c(C)c2)cc(Cl)c1OCc1ccc(Br)cc1. The Hall–Kier alpha value is -3.27. The van der Waals surface area contributed by atoms with Crippen LogP contribution >= 0.6 is 27.5 Å². The van der Waals surface area contributed by atoms with Gasteiger partial charge >= 0.3 is 0 Å². The molecule has 0 saturated heterocycles. The number of aryl methyl sites for hydroxylation is 2. The number of halogens is 2. The van der Waals surface area contributed by atoms with E-state index >= 15 is 0 Å². The maximum Gasteiger partial charge on any atom is 0.266 e. The van der Waals surface area contributed by atoms with Crippen LogP contribution in [0.5, 0.6) is 11.5 Å². The van der Waals surface area contributed by atoms with Gasteiger partial charge in [0.2, 0.25) is 0 Å². The molecule has 1 N–H and O–H groups in total. The van der Waals surface area contributed by atoms with Gasteiger partial charge in [-0.1, -0.05) is 45.7 Å². The van der Waals surface area contributed by atoms with Gasteiger partial charge in [0, 0.05) is 10.2 Å². The topological polar surface area (TPSA) is 71.3 Å². The number of ether oxygens (including phenoxy) is 2. The van der Waals surface area contributed by atoms with Crippen LogP contribution in [0.1, 0.15) is 29.2 Å². The number of anilines is 1. The lowest BCUT2D eigenvalue weighted by atomic mass is 10.1. The molecule has 0 atom stereocenters. The standard InChI is InChI=1S/C27H24BrClN2O3/c1-4-33-25-14-20(13-24(29)26(25)34-16-19-6-8-22(28)9-7-19)12-21(15-30)27(32)31-23-10-5-17(2)18(3)11-23/h5-14H,4,16H2,1-3H3,(H,31,32)/b21-12+. The molecule has 0 aliphatic carbocycles. The summed E-state index contributed by atoms with van der Waals surface area (Å²) in [6.45, 7) is 6.52. The van der Waals surface area contributed by atoms with E-state index in [9.17, 15) is 10.1 Å². The summed E-state index contributed by atoms with van der Waals surface area (Å²) in [5.41, 5.74) is 4.26. The predicted octanol–water partition coefficient (Wildman–Crippen LogP) is 7.24. The molecule has 0 saturated carbocycles. The van der Waals surface area contributed by atoms with Crippen LogP contribution in [0.25, 0.3) is 6.08 Å². The Bertz CT molecular complexity index is 1260. The summed E-state index contributed by atoms with van der Waals surface area (Å²) in [6.07, 6.45) is 1.48. The minimum Gasteiger partial charge on any atom is -0.490 e. The Morgan fingerprint density at radius 3 is 2.47 bits per heavy atom. The number of nitriles is 1. The molecule has 3 rings (SSSR count). The highest BCUT2D eigenvalue weighted by atomic mass is 79.9. The molecule has 0 aliphatic rings. The molecule has 0 heterocycles. The lowest BCUT2D eigenvalue weighted by Crippen LogP contribution is -2.13. The molecule has 0 fully saturated rings. The van der Waals surface area contributed by atoms with Gasteiger partial charge in [0.1, 0.15) is 18.2 Å². The van der Waals surface area contributed by atoms with Crippen molar-refractivity contribution in [3.63, 3.8) is 0 Å². The van der Waals surface area contributed by atoms with Crippen LogP contribution in [0, 0.1) is 25.2 Å². The van der Waals surface area contributed by atoms with Crippen molar-refractivity contribution in [1.29, 1.82) is 5.26 Å². The Labute approximate surface area is 213 Å². The normalized spacial score (nSPS) is 11.0. The molecule has 3 aromatic carbocycles. The fourth-order valence-corrected chi connectivity index (χ4v) is 3.68. The van der Waals surface area contributed by atoms with Gasteiger partial charge in [-0.25, -0.2) is 0 Å². The number of hydrogen-bond donors (Lipinski definition) is 1. The average Bonchev–Trinajstić information content (AvgIpc) is 2.80. The van der Waals surface area contributed by atoms with Crippen molar-refractivity contribution in [2.45, 2.75) is 27.4 Å². The third-order valence-electron chi connectivity index (χ3n) is 5.07. The lowest BCUT2D eigenvalue weighted by Gasteiger charge is -2.15. The van der Waals surface area contributed by atoms with Crippen LogP contribution in [0.4, 0.5) is 5.69 Å². The Morgan fingerprint density at radius 1 is 1.09 bits per heavy atom. The molecule has 0 aliphatic heterocycles. The fourth-order valence-electron chi connectivity index (χ4n) is 3.14. The first kappa shape index (κ1) is 25.4. The molecule has 0 aromatic heterocycles. The monoisotopic (exact) mass is 538 g/mol. The second-order valence-electron chi connectivity index (χ2n) is 7.60. The summed E-state index contributed by atoms with van der Waals surface area (Å²) in [5, 5.41) is 12.7. The first-order valence-corrected chi connectivity index (χ1v) is 11.8. The fraction of sp³-hybridized carbons (Fsp3) is 0.185. The van der Waals surface area contributed by atoms with Crippen molar-refractivity contribution in [2.24, 2.45) is 0 Å². The number of nitrogens with one attached hydrogen (secondary N) is 1. The summed E-state index contributed by atoms with van der Waals surface area (Å²) < 4.78 is 12.7. The summed E-state index contributed by atoms with van der Waals surface area (Å²) >= 11 is 9.92. The molecular formula is C27H24BrClN2O3. The lowest BCUT2D eigenvalue weighted by molar-refractivity contribution is -0.112. The second-order valence-corrected chi connectivity index (χ2v) is 8.92. The van der Waals surface area contributed by atoms with Gasteiger partial charge < -0.3 is 14.8 Å². The van der Waals surface area contributed by atoms with Crippen molar-refractivity contribution in [3.05, 3.63) is 91.9 Å². The van der Waals surface area contributed by atoms with E-state index in [4.69, 9.17) is 21.1 Å². The summed E-state index contributed by atoms with van der Waals surface area (Å²) in [5.74, 6) is 0.335. The van der Waals surface area contributed by atoms with E-state index in [0.717, 1.165) is 21.2 Å². The number of benzene rings is 3. The second kappa shape index (κ2) is 11.7. The smallest absolute Gasteiger partial charge is 0.266 e. The summed E-state index contributed by atoms with van der Waals surface area (Å²) in [7, 11) is 0. The third-order valence-corrected chi connectivity index (χ3v) is 5.88. The minimum atomic E-state index is -0.504. The quantitative estimate of drug-likeness (QED) is 0.242. The average molecular weight is 540 g/mol. The van der Waals surface area contributed by atoms with E-state index in [1.165, 1.54) is 6.08 Å². The molecule has 5 nitrogen and oxygen atoms in total. The van der Waals surface area contributed by atoms with E-state index in [1.807, 2.05) is 63.2 Å². The van der Waals surface area contributed by atoms with E-state index < -0.39 is 5.91 Å². The highest BCUT2D eigenvalue weighted by Crippen LogP contribution is 2.38. The van der Waals surface area contributed by atoms with Crippen molar-refractivity contribution in [1.82, 2.24) is 0 Å². The number of carbonyl (C=O) groups is 1. The number of carbonyl (C=O) groups excluding carboxylic acids is 1. The largest absolute Gasteiger partial charge is 0.490 e. The van der Waals surface area contributed by atoms with Gasteiger partial charge in [-0.3, -0.25) is 4.79 Å². The van der Waals surface area contributed by atoms with Gasteiger partial charge in [-0.15, -0.1) is 0 Å². The Balaban J connectivity index is 1.84. The molecule has 174 valence electrons. The van der Waals surface area contributed by atoms with Crippen molar-refractivity contribution >= 4 is 45.2 Å². The van der Waals surface area contributed by atoms with Crippen LogP contribution in [0.3, 0.4) is 0 Å². The highest BCUT2D eigenvalue weighted by Gasteiger charge is 2.15. The summed E-state index contributed by atoms with van der Waals surface area (Å²) in [4.78, 5) is 12.7. The van der Waals surface area contributed by atoms with Crippen LogP contribution < -0.4 is 14.8 Å². The van der Waals surface area contributed by atoms with Crippen molar-refractivity contribution in [2.75, 3.05) is 11.9 Å². The minimum absolute atomic E-state index is 0.0553. The first-order chi connectivity index (χ1) is 16.3. The zero-order valence-electron chi connectivity index (χ0n) is 19.1. The number of rotatable bonds is 8. The van der Waals surface area contributed by atoms with Gasteiger partial charge in [-0.2, -0.15) is 5.26 Å². The zero-order chi connectivity index (χ0) is 24.7. The Kier molecular flexibility index (Phi) is 8.75. The molecule has 1 amide bonds. The number of hydrogen-bond acceptors (Lipinski definition) is 4. The zero-order valence-corrected chi connectivity index (χ0v) is 21.5. The first-order valence-electron chi connectivity index (χ1n) is 10.6. The van der Waals surface area contributed by atoms with Crippen molar-refractivity contribution in [3.8, 4) is 17.6 Å². The highest BCUT2D eigenvalue weighted by molar-refractivity contribution is 9.10. The molecule has 0 spiro atoms. The third kappa shape index (κ3) is 6.63. The maximum absolute atomic E-state index is 12.7. The van der Waals surface area contributed by atoms with Crippen LogP contribution in [-0.2, 0) is 11.4 Å². The molecule has 34 heavy (non-hydrogen) atoms. The van der Waals surface area contributed by atoms with Gasteiger partial charge in [0.05, 0.1) is 11.6 Å². The molecule has 0 radical (unpaired) electrons. The van der Waals surface area contributed by atoms with Crippen LogP contribution in [0.2, 0.25) is 5.02 Å². The summed E-state index contributed by atoms with van der Waals surface area (Å²) in [6, 6.07) is 18.7. The number of amides is 1. The predicted molar refractivity (Wildman–Crippen MR) is 139 cm³/mol. The van der Waals surface area contributed by atoms with Gasteiger partial charge in [-0.05, 0) is 85.5 Å². The van der Waals surface area contributed by atoms with E-state index in [2.05, 4.69) is 21.2 Å². The maximum atomic E-state index is 12.7. The van der Waals surface area contributed by atoms with Crippen LogP contribution in [-0.4, -0.2) is 12.5 Å². The molecular weight excluding hydrogens is 516 g/mol. The van der Waals surface area contributed by atoms with Crippen LogP contribution in [0.15, 0.2) is 64.6 Å². The van der Waals surface area contributed by atoms with E-state index in [-0.39, 0.29) is 5.57 Å².